The van der Waals surface area contributed by atoms with Crippen LogP contribution in [0.4, 0.5) is 0 Å². The topological polar surface area (TPSA) is 94.2 Å². The first-order valence-corrected chi connectivity index (χ1v) is 9.13. The SMILES string of the molecule is COc1ccc2[nH]c(=O)c(CN3C[C@@H](Cc4cc(C)[nH]n4)[C@H](O)C3)cc2c1. The lowest BCUT2D eigenvalue weighted by atomic mass is 10.0. The second-order valence-corrected chi connectivity index (χ2v) is 7.34. The van der Waals surface area contributed by atoms with Crippen LogP contribution in [-0.4, -0.2) is 51.5 Å². The highest BCUT2D eigenvalue weighted by Crippen LogP contribution is 2.24. The van der Waals surface area contributed by atoms with Crippen molar-refractivity contribution < 1.29 is 9.84 Å². The molecule has 0 unspecified atom stereocenters. The van der Waals surface area contributed by atoms with E-state index >= 15 is 0 Å². The summed E-state index contributed by atoms with van der Waals surface area (Å²) in [4.78, 5) is 17.5. The van der Waals surface area contributed by atoms with Crippen molar-refractivity contribution in [3.8, 4) is 5.75 Å². The van der Waals surface area contributed by atoms with Crippen molar-refractivity contribution in [2.75, 3.05) is 20.2 Å². The van der Waals surface area contributed by atoms with Crippen LogP contribution in [0.2, 0.25) is 0 Å². The smallest absolute Gasteiger partial charge is 0.252 e. The zero-order valence-electron chi connectivity index (χ0n) is 15.5. The molecule has 0 bridgehead atoms. The first-order chi connectivity index (χ1) is 13.0. The van der Waals surface area contributed by atoms with Gasteiger partial charge in [0.05, 0.1) is 18.9 Å². The van der Waals surface area contributed by atoms with Crippen molar-refractivity contribution in [3.63, 3.8) is 0 Å². The molecule has 1 aliphatic rings. The molecule has 3 heterocycles. The number of nitrogens with one attached hydrogen (secondary N) is 2. The fourth-order valence-electron chi connectivity index (χ4n) is 3.83. The maximum Gasteiger partial charge on any atom is 0.252 e. The molecular weight excluding hydrogens is 344 g/mol. The Labute approximate surface area is 157 Å². The molecule has 7 nitrogen and oxygen atoms in total. The highest BCUT2D eigenvalue weighted by Gasteiger charge is 2.32. The van der Waals surface area contributed by atoms with Gasteiger partial charge in [-0.05, 0) is 43.7 Å². The maximum atomic E-state index is 12.4. The number of ether oxygens (including phenoxy) is 1. The number of aromatic amines is 2. The third-order valence-electron chi connectivity index (χ3n) is 5.23. The van der Waals surface area contributed by atoms with Gasteiger partial charge >= 0.3 is 0 Å². The van der Waals surface area contributed by atoms with Crippen LogP contribution in [0.25, 0.3) is 10.9 Å². The van der Waals surface area contributed by atoms with Gasteiger partial charge in [-0.1, -0.05) is 0 Å². The number of benzene rings is 1. The van der Waals surface area contributed by atoms with Crippen LogP contribution in [0.3, 0.4) is 0 Å². The van der Waals surface area contributed by atoms with Crippen LogP contribution in [0.15, 0.2) is 35.1 Å². The molecule has 0 spiro atoms. The third-order valence-corrected chi connectivity index (χ3v) is 5.23. The Bertz CT molecular complexity index is 1010. The summed E-state index contributed by atoms with van der Waals surface area (Å²) < 4.78 is 5.27. The van der Waals surface area contributed by atoms with Crippen LogP contribution in [0, 0.1) is 12.8 Å². The summed E-state index contributed by atoms with van der Waals surface area (Å²) >= 11 is 0. The van der Waals surface area contributed by atoms with Gasteiger partial charge in [-0.25, -0.2) is 0 Å². The zero-order valence-corrected chi connectivity index (χ0v) is 15.5. The lowest BCUT2D eigenvalue weighted by Gasteiger charge is -2.15. The number of aryl methyl sites for hydroxylation is 1. The highest BCUT2D eigenvalue weighted by atomic mass is 16.5. The standard InChI is InChI=1S/C20H24N4O3/c1-12-5-16(23-22-12)7-14-9-24(11-19(14)25)10-15-6-13-8-17(27-2)3-4-18(13)21-20(15)26/h3-6,8,14,19,25H,7,9-11H2,1-2H3,(H,21,26)(H,22,23)/t14-,19-/m1/s1. The quantitative estimate of drug-likeness (QED) is 0.636. The Balaban J connectivity index is 1.50. The molecule has 0 saturated carbocycles. The van der Waals surface area contributed by atoms with Gasteiger partial charge in [-0.2, -0.15) is 5.10 Å². The van der Waals surface area contributed by atoms with Crippen molar-refractivity contribution in [2.45, 2.75) is 26.0 Å². The molecular formula is C20H24N4O3. The number of likely N-dealkylation sites (tertiary alicyclic amines) is 1. The number of aliphatic hydroxyl groups is 1. The van der Waals surface area contributed by atoms with Crippen LogP contribution in [0.1, 0.15) is 17.0 Å². The number of rotatable bonds is 5. The molecule has 27 heavy (non-hydrogen) atoms. The van der Waals surface area contributed by atoms with Gasteiger partial charge in [0.2, 0.25) is 0 Å². The van der Waals surface area contributed by atoms with Gasteiger partial charge < -0.3 is 14.8 Å². The minimum atomic E-state index is -0.415. The van der Waals surface area contributed by atoms with E-state index in [1.807, 2.05) is 37.3 Å². The lowest BCUT2D eigenvalue weighted by molar-refractivity contribution is 0.140. The maximum absolute atomic E-state index is 12.4. The molecule has 3 N–H and O–H groups in total. The van der Waals surface area contributed by atoms with E-state index in [1.54, 1.807) is 7.11 Å². The van der Waals surface area contributed by atoms with E-state index in [4.69, 9.17) is 4.74 Å². The molecule has 1 aromatic carbocycles. The average Bonchev–Trinajstić information content (AvgIpc) is 3.21. The Kier molecular flexibility index (Phi) is 4.72. The van der Waals surface area contributed by atoms with Crippen LogP contribution in [0.5, 0.6) is 5.75 Å². The molecule has 3 aromatic rings. The minimum Gasteiger partial charge on any atom is -0.497 e. The van der Waals surface area contributed by atoms with E-state index in [1.165, 1.54) is 0 Å². The second kappa shape index (κ2) is 7.17. The zero-order chi connectivity index (χ0) is 19.0. The van der Waals surface area contributed by atoms with E-state index in [2.05, 4.69) is 20.1 Å². The molecule has 142 valence electrons. The van der Waals surface area contributed by atoms with Crippen LogP contribution in [-0.2, 0) is 13.0 Å². The number of fused-ring (bicyclic) bond motifs is 1. The van der Waals surface area contributed by atoms with E-state index in [0.717, 1.165) is 41.0 Å². The fourth-order valence-corrected chi connectivity index (χ4v) is 3.83. The van der Waals surface area contributed by atoms with Gasteiger partial charge in [0.15, 0.2) is 0 Å². The van der Waals surface area contributed by atoms with E-state index in [9.17, 15) is 9.90 Å². The summed E-state index contributed by atoms with van der Waals surface area (Å²) in [6.45, 7) is 3.77. The molecule has 4 rings (SSSR count). The molecule has 1 saturated heterocycles. The summed E-state index contributed by atoms with van der Waals surface area (Å²) in [6, 6.07) is 9.51. The Morgan fingerprint density at radius 2 is 2.15 bits per heavy atom. The molecule has 0 aliphatic carbocycles. The number of aromatic nitrogens is 3. The lowest BCUT2D eigenvalue weighted by Crippen LogP contribution is -2.25. The largest absolute Gasteiger partial charge is 0.497 e. The Morgan fingerprint density at radius 3 is 2.89 bits per heavy atom. The first kappa shape index (κ1) is 17.8. The summed E-state index contributed by atoms with van der Waals surface area (Å²) in [6.07, 6.45) is 0.314. The number of hydrogen-bond donors (Lipinski definition) is 3. The van der Waals surface area contributed by atoms with Crippen molar-refractivity contribution in [1.82, 2.24) is 20.1 Å². The molecule has 0 radical (unpaired) electrons. The predicted octanol–water partition coefficient (Wildman–Crippen LogP) is 1.60. The first-order valence-electron chi connectivity index (χ1n) is 9.13. The number of pyridine rings is 1. The van der Waals surface area contributed by atoms with Gasteiger partial charge in [0.25, 0.3) is 5.56 Å². The third kappa shape index (κ3) is 3.74. The van der Waals surface area contributed by atoms with Gasteiger partial charge in [0.1, 0.15) is 5.75 Å². The Hall–Kier alpha value is -2.64. The van der Waals surface area contributed by atoms with E-state index in [0.29, 0.717) is 18.7 Å². The normalized spacial score (nSPS) is 20.4. The van der Waals surface area contributed by atoms with Crippen LogP contribution >= 0.6 is 0 Å². The highest BCUT2D eigenvalue weighted by molar-refractivity contribution is 5.80. The second-order valence-electron chi connectivity index (χ2n) is 7.34. The van der Waals surface area contributed by atoms with E-state index in [-0.39, 0.29) is 11.5 Å². The molecule has 7 heteroatoms. The number of β-amino-alcohol motifs (C(OH)–C–C–N with tert-alkyl or cyclic N) is 1. The molecule has 2 atom stereocenters. The van der Waals surface area contributed by atoms with Crippen molar-refractivity contribution >= 4 is 10.9 Å². The van der Waals surface area contributed by atoms with Crippen molar-refractivity contribution in [2.24, 2.45) is 5.92 Å². The number of aliphatic hydroxyl groups excluding tert-OH is 1. The summed E-state index contributed by atoms with van der Waals surface area (Å²) in [7, 11) is 1.63. The van der Waals surface area contributed by atoms with Crippen LogP contribution < -0.4 is 10.3 Å². The number of methoxy groups -OCH3 is 1. The van der Waals surface area contributed by atoms with Crippen molar-refractivity contribution in [3.05, 3.63) is 57.6 Å². The van der Waals surface area contributed by atoms with Gasteiger partial charge in [-0.15, -0.1) is 0 Å². The monoisotopic (exact) mass is 368 g/mol. The molecule has 2 aromatic heterocycles. The average molecular weight is 368 g/mol. The molecule has 1 aliphatic heterocycles. The molecule has 1 fully saturated rings. The molecule has 0 amide bonds. The minimum absolute atomic E-state index is 0.0893. The predicted molar refractivity (Wildman–Crippen MR) is 103 cm³/mol. The Morgan fingerprint density at radius 1 is 1.30 bits per heavy atom. The van der Waals surface area contributed by atoms with Gasteiger partial charge in [-0.3, -0.25) is 14.8 Å². The number of H-pyrrole nitrogens is 2. The number of nitrogens with zero attached hydrogens (tertiary/aromatic N) is 2. The fraction of sp³-hybridized carbons (Fsp3) is 0.400. The van der Waals surface area contributed by atoms with Crippen molar-refractivity contribution in [1.29, 1.82) is 0 Å². The summed E-state index contributed by atoms with van der Waals surface area (Å²) in [5.41, 5.74) is 3.38. The summed E-state index contributed by atoms with van der Waals surface area (Å²) in [5.74, 6) is 0.874. The number of hydrogen-bond acceptors (Lipinski definition) is 5. The van der Waals surface area contributed by atoms with Gasteiger partial charge in [0, 0.05) is 47.7 Å². The van der Waals surface area contributed by atoms with E-state index < -0.39 is 6.10 Å². The summed E-state index contributed by atoms with van der Waals surface area (Å²) in [5, 5.41) is 18.6.